The fourth-order valence-corrected chi connectivity index (χ4v) is 2.04. The molecule has 0 amide bonds. The van der Waals surface area contributed by atoms with Gasteiger partial charge in [0.25, 0.3) is 0 Å². The van der Waals surface area contributed by atoms with Crippen LogP contribution in [0.5, 0.6) is 0 Å². The first kappa shape index (κ1) is 15.3. The van der Waals surface area contributed by atoms with Crippen molar-refractivity contribution < 1.29 is 0 Å². The summed E-state index contributed by atoms with van der Waals surface area (Å²) >= 11 is 0. The molecule has 104 valence electrons. The molecule has 0 bridgehead atoms. The molecule has 1 aromatic heterocycles. The van der Waals surface area contributed by atoms with E-state index in [2.05, 4.69) is 53.5 Å². The highest BCUT2D eigenvalue weighted by molar-refractivity contribution is 5.24. The number of hydrogen-bond acceptors (Lipinski definition) is 1. The van der Waals surface area contributed by atoms with Gasteiger partial charge in [-0.3, -0.25) is 0 Å². The number of imidazole rings is 1. The first-order chi connectivity index (χ1) is 8.37. The van der Waals surface area contributed by atoms with Crippen LogP contribution in [0.15, 0.2) is 0 Å². The number of nitrogens with one attached hydrogen (secondary N) is 1. The monoisotopic (exact) mass is 250 g/mol. The number of H-pyrrole nitrogens is 1. The molecule has 0 saturated carbocycles. The van der Waals surface area contributed by atoms with Crippen LogP contribution in [0.1, 0.15) is 96.8 Å². The van der Waals surface area contributed by atoms with Gasteiger partial charge in [-0.05, 0) is 31.1 Å². The average Bonchev–Trinajstić information content (AvgIpc) is 2.82. The quantitative estimate of drug-likeness (QED) is 0.745. The second kappa shape index (κ2) is 5.90. The summed E-state index contributed by atoms with van der Waals surface area (Å²) in [6.45, 7) is 15.8. The molecule has 0 aliphatic carbocycles. The number of hydrogen-bond donors (Lipinski definition) is 1. The lowest BCUT2D eigenvalue weighted by atomic mass is 9.89. The van der Waals surface area contributed by atoms with Crippen LogP contribution >= 0.6 is 0 Å². The van der Waals surface area contributed by atoms with Crippen molar-refractivity contribution in [2.75, 3.05) is 0 Å². The van der Waals surface area contributed by atoms with Crippen LogP contribution in [-0.2, 0) is 5.41 Å². The number of rotatable bonds is 6. The largest absolute Gasteiger partial charge is 0.345 e. The lowest BCUT2D eigenvalue weighted by Crippen LogP contribution is -2.17. The van der Waals surface area contributed by atoms with Crippen molar-refractivity contribution in [1.82, 2.24) is 9.97 Å². The molecule has 0 aromatic carbocycles. The van der Waals surface area contributed by atoms with Crippen molar-refractivity contribution in [3.05, 3.63) is 17.2 Å². The van der Waals surface area contributed by atoms with Gasteiger partial charge < -0.3 is 4.98 Å². The van der Waals surface area contributed by atoms with E-state index in [-0.39, 0.29) is 5.41 Å². The first-order valence-electron chi connectivity index (χ1n) is 7.47. The smallest absolute Gasteiger partial charge is 0.112 e. The van der Waals surface area contributed by atoms with Crippen LogP contribution in [-0.4, -0.2) is 9.97 Å². The van der Waals surface area contributed by atoms with Gasteiger partial charge in [0.1, 0.15) is 5.82 Å². The van der Waals surface area contributed by atoms with Crippen molar-refractivity contribution in [2.45, 2.75) is 85.0 Å². The topological polar surface area (TPSA) is 28.7 Å². The van der Waals surface area contributed by atoms with Crippen molar-refractivity contribution in [2.24, 2.45) is 0 Å². The Morgan fingerprint density at radius 1 is 1.06 bits per heavy atom. The summed E-state index contributed by atoms with van der Waals surface area (Å²) in [5, 5.41) is 0. The minimum Gasteiger partial charge on any atom is -0.345 e. The maximum atomic E-state index is 4.94. The van der Waals surface area contributed by atoms with Crippen LogP contribution in [0.2, 0.25) is 0 Å². The van der Waals surface area contributed by atoms with Gasteiger partial charge in [0.2, 0.25) is 0 Å². The minimum atomic E-state index is 0.147. The van der Waals surface area contributed by atoms with E-state index in [9.17, 15) is 0 Å². The molecule has 2 heteroatoms. The van der Waals surface area contributed by atoms with Crippen molar-refractivity contribution >= 4 is 0 Å². The van der Waals surface area contributed by atoms with Crippen molar-refractivity contribution in [1.29, 1.82) is 0 Å². The molecule has 1 N–H and O–H groups in total. The summed E-state index contributed by atoms with van der Waals surface area (Å²) in [5.74, 6) is 2.28. The first-order valence-corrected chi connectivity index (χ1v) is 7.47. The Hall–Kier alpha value is -0.790. The summed E-state index contributed by atoms with van der Waals surface area (Å²) < 4.78 is 0. The second-order valence-corrected chi connectivity index (χ2v) is 6.24. The molecule has 0 fully saturated rings. The molecule has 0 saturated heterocycles. The zero-order chi connectivity index (χ0) is 13.9. The molecule has 0 radical (unpaired) electrons. The van der Waals surface area contributed by atoms with E-state index in [0.717, 1.165) is 25.1 Å². The summed E-state index contributed by atoms with van der Waals surface area (Å²) in [6.07, 6.45) is 3.43. The third kappa shape index (κ3) is 2.96. The SMILES string of the molecule is CCC(C)c1nc(C(C)(C)CC)[nH]c1C(C)CC. The fourth-order valence-electron chi connectivity index (χ4n) is 2.04. The van der Waals surface area contributed by atoms with E-state index in [1.807, 2.05) is 0 Å². The predicted octanol–water partition coefficient (Wildman–Crippen LogP) is 5.12. The van der Waals surface area contributed by atoms with Gasteiger partial charge in [0.15, 0.2) is 0 Å². The molecular formula is C16H30N2. The Bertz CT molecular complexity index is 349. The van der Waals surface area contributed by atoms with Crippen LogP contribution in [0.3, 0.4) is 0 Å². The van der Waals surface area contributed by atoms with Crippen molar-refractivity contribution in [3.8, 4) is 0 Å². The summed E-state index contributed by atoms with van der Waals surface area (Å²) in [4.78, 5) is 8.56. The fraction of sp³-hybridized carbons (Fsp3) is 0.812. The molecule has 18 heavy (non-hydrogen) atoms. The highest BCUT2D eigenvalue weighted by atomic mass is 15.0. The molecule has 0 spiro atoms. The third-order valence-corrected chi connectivity index (χ3v) is 4.47. The Balaban J connectivity index is 3.23. The highest BCUT2D eigenvalue weighted by Crippen LogP contribution is 2.32. The average molecular weight is 250 g/mol. The summed E-state index contributed by atoms with van der Waals surface area (Å²) in [6, 6.07) is 0. The molecular weight excluding hydrogens is 220 g/mol. The van der Waals surface area contributed by atoms with E-state index in [4.69, 9.17) is 4.98 Å². The Kier molecular flexibility index (Phi) is 5.01. The van der Waals surface area contributed by atoms with E-state index >= 15 is 0 Å². The van der Waals surface area contributed by atoms with Gasteiger partial charge in [-0.2, -0.15) is 0 Å². The summed E-state index contributed by atoms with van der Waals surface area (Å²) in [7, 11) is 0. The van der Waals surface area contributed by atoms with Gasteiger partial charge in [-0.15, -0.1) is 0 Å². The van der Waals surface area contributed by atoms with Crippen LogP contribution < -0.4 is 0 Å². The van der Waals surface area contributed by atoms with Gasteiger partial charge in [-0.25, -0.2) is 4.98 Å². The number of aromatic nitrogens is 2. The van der Waals surface area contributed by atoms with Gasteiger partial charge >= 0.3 is 0 Å². The Morgan fingerprint density at radius 2 is 1.61 bits per heavy atom. The van der Waals surface area contributed by atoms with Gasteiger partial charge in [0, 0.05) is 11.1 Å². The lowest BCUT2D eigenvalue weighted by molar-refractivity contribution is 0.474. The van der Waals surface area contributed by atoms with E-state index in [1.165, 1.54) is 11.4 Å². The number of nitrogens with zero attached hydrogens (tertiary/aromatic N) is 1. The molecule has 0 aliphatic heterocycles. The molecule has 1 rings (SSSR count). The zero-order valence-corrected chi connectivity index (χ0v) is 13.2. The van der Waals surface area contributed by atoms with Gasteiger partial charge in [-0.1, -0.05) is 48.5 Å². The van der Waals surface area contributed by atoms with Crippen LogP contribution in [0.4, 0.5) is 0 Å². The second-order valence-electron chi connectivity index (χ2n) is 6.24. The zero-order valence-electron chi connectivity index (χ0n) is 13.2. The molecule has 0 aliphatic rings. The van der Waals surface area contributed by atoms with E-state index in [0.29, 0.717) is 11.8 Å². The normalized spacial score (nSPS) is 15.7. The maximum absolute atomic E-state index is 4.94. The molecule has 1 heterocycles. The molecule has 2 nitrogen and oxygen atoms in total. The standard InChI is InChI=1S/C16H30N2/c1-8-11(4)13-14(12(5)9-2)18-15(17-13)16(6,7)10-3/h11-12H,8-10H2,1-7H3,(H,17,18). The Morgan fingerprint density at radius 3 is 2.06 bits per heavy atom. The van der Waals surface area contributed by atoms with E-state index in [1.54, 1.807) is 0 Å². The summed E-state index contributed by atoms with van der Waals surface area (Å²) in [5.41, 5.74) is 2.81. The molecule has 1 aromatic rings. The maximum Gasteiger partial charge on any atom is 0.112 e. The Labute approximate surface area is 113 Å². The van der Waals surface area contributed by atoms with Crippen LogP contribution in [0.25, 0.3) is 0 Å². The van der Waals surface area contributed by atoms with Crippen LogP contribution in [0, 0.1) is 0 Å². The lowest BCUT2D eigenvalue weighted by Gasteiger charge is -2.19. The highest BCUT2D eigenvalue weighted by Gasteiger charge is 2.26. The van der Waals surface area contributed by atoms with Crippen molar-refractivity contribution in [3.63, 3.8) is 0 Å². The predicted molar refractivity (Wildman–Crippen MR) is 79.3 cm³/mol. The molecule has 2 unspecified atom stereocenters. The minimum absolute atomic E-state index is 0.147. The van der Waals surface area contributed by atoms with E-state index < -0.39 is 0 Å². The van der Waals surface area contributed by atoms with Gasteiger partial charge in [0.05, 0.1) is 5.69 Å². The number of aromatic amines is 1. The molecule has 2 atom stereocenters. The third-order valence-electron chi connectivity index (χ3n) is 4.47.